The monoisotopic (exact) mass is 346 g/mol. The van der Waals surface area contributed by atoms with Gasteiger partial charge in [-0.3, -0.25) is 4.79 Å². The molecule has 7 heteroatoms. The van der Waals surface area contributed by atoms with Gasteiger partial charge in [0.25, 0.3) is 0 Å². The first-order valence-corrected chi connectivity index (χ1v) is 6.82. The van der Waals surface area contributed by atoms with Gasteiger partial charge >= 0.3 is 6.18 Å². The van der Waals surface area contributed by atoms with Crippen LogP contribution in [0.4, 0.5) is 17.6 Å². The summed E-state index contributed by atoms with van der Waals surface area (Å²) in [4.78, 5) is 12.3. The molecule has 0 unspecified atom stereocenters. The molecule has 122 valence electrons. The minimum absolute atomic E-state index is 0.0793. The molecular formula is C16H11ClF4O2. The van der Waals surface area contributed by atoms with Gasteiger partial charge in [0.2, 0.25) is 0 Å². The molecular weight excluding hydrogens is 336 g/mol. The van der Waals surface area contributed by atoms with Crippen LogP contribution in [0.1, 0.15) is 21.5 Å². The van der Waals surface area contributed by atoms with Crippen LogP contribution in [0.25, 0.3) is 0 Å². The normalized spacial score (nSPS) is 11.4. The summed E-state index contributed by atoms with van der Waals surface area (Å²) in [5.41, 5.74) is -1.10. The van der Waals surface area contributed by atoms with Gasteiger partial charge in [0.1, 0.15) is 11.6 Å². The quantitative estimate of drug-likeness (QED) is 0.579. The molecule has 0 fully saturated rings. The lowest BCUT2D eigenvalue weighted by atomic mass is 10.0. The van der Waals surface area contributed by atoms with E-state index in [0.29, 0.717) is 6.07 Å². The predicted molar refractivity (Wildman–Crippen MR) is 77.4 cm³/mol. The Hall–Kier alpha value is -2.08. The van der Waals surface area contributed by atoms with Gasteiger partial charge in [-0.15, -0.1) is 0 Å². The zero-order chi connectivity index (χ0) is 17.2. The van der Waals surface area contributed by atoms with Gasteiger partial charge in [0.15, 0.2) is 5.78 Å². The highest BCUT2D eigenvalue weighted by Crippen LogP contribution is 2.31. The largest absolute Gasteiger partial charge is 0.496 e. The summed E-state index contributed by atoms with van der Waals surface area (Å²) in [6.07, 6.45) is -5.09. The SMILES string of the molecule is COc1ccc(Cl)cc1C(=O)Cc1cc(F)cc(C(F)(F)F)c1. The van der Waals surface area contributed by atoms with E-state index in [2.05, 4.69) is 0 Å². The molecule has 2 aromatic rings. The van der Waals surface area contributed by atoms with E-state index in [0.717, 1.165) is 12.1 Å². The van der Waals surface area contributed by atoms with E-state index in [9.17, 15) is 22.4 Å². The third-order valence-corrected chi connectivity index (χ3v) is 3.35. The van der Waals surface area contributed by atoms with Gasteiger partial charge in [0.05, 0.1) is 18.2 Å². The molecule has 0 saturated carbocycles. The zero-order valence-electron chi connectivity index (χ0n) is 11.9. The summed E-state index contributed by atoms with van der Waals surface area (Å²) in [5, 5.41) is 0.282. The van der Waals surface area contributed by atoms with Gasteiger partial charge < -0.3 is 4.74 Å². The summed E-state index contributed by atoms with van der Waals surface area (Å²) >= 11 is 5.81. The van der Waals surface area contributed by atoms with E-state index in [-0.39, 0.29) is 21.9 Å². The molecule has 0 amide bonds. The van der Waals surface area contributed by atoms with Crippen molar-refractivity contribution in [2.24, 2.45) is 0 Å². The Balaban J connectivity index is 2.34. The molecule has 0 aliphatic carbocycles. The number of carbonyl (C=O) groups excluding carboxylic acids is 1. The molecule has 0 spiro atoms. The lowest BCUT2D eigenvalue weighted by Gasteiger charge is -2.11. The Morgan fingerprint density at radius 2 is 1.87 bits per heavy atom. The molecule has 2 nitrogen and oxygen atoms in total. The number of hydrogen-bond donors (Lipinski definition) is 0. The van der Waals surface area contributed by atoms with Crippen LogP contribution in [-0.4, -0.2) is 12.9 Å². The average molecular weight is 347 g/mol. The lowest BCUT2D eigenvalue weighted by Crippen LogP contribution is -2.10. The smallest absolute Gasteiger partial charge is 0.416 e. The summed E-state index contributed by atoms with van der Waals surface area (Å²) in [5.74, 6) is -1.34. The van der Waals surface area contributed by atoms with Crippen molar-refractivity contribution in [3.63, 3.8) is 0 Å². The first-order chi connectivity index (χ1) is 10.7. The molecule has 0 radical (unpaired) electrons. The van der Waals surface area contributed by atoms with Crippen LogP contribution in [0, 0.1) is 5.82 Å². The predicted octanol–water partition coefficient (Wildman–Crippen LogP) is 4.93. The third kappa shape index (κ3) is 4.22. The minimum atomic E-state index is -4.69. The number of hydrogen-bond acceptors (Lipinski definition) is 2. The number of alkyl halides is 3. The van der Waals surface area contributed by atoms with Gasteiger partial charge in [0, 0.05) is 11.4 Å². The molecule has 0 aliphatic rings. The standard InChI is InChI=1S/C16H11ClF4O2/c1-23-15-3-2-11(17)8-13(15)14(22)6-9-4-10(16(19,20)21)7-12(18)5-9/h2-5,7-8H,6H2,1H3. The van der Waals surface area contributed by atoms with Crippen molar-refractivity contribution >= 4 is 17.4 Å². The van der Waals surface area contributed by atoms with Crippen LogP contribution in [-0.2, 0) is 12.6 Å². The van der Waals surface area contributed by atoms with E-state index in [1.54, 1.807) is 0 Å². The Morgan fingerprint density at radius 3 is 2.48 bits per heavy atom. The van der Waals surface area contributed by atoms with E-state index in [1.165, 1.54) is 25.3 Å². The van der Waals surface area contributed by atoms with E-state index in [4.69, 9.17) is 16.3 Å². The minimum Gasteiger partial charge on any atom is -0.496 e. The molecule has 0 aromatic heterocycles. The van der Waals surface area contributed by atoms with Crippen molar-refractivity contribution in [3.05, 3.63) is 63.9 Å². The summed E-state index contributed by atoms with van der Waals surface area (Å²) in [6, 6.07) is 6.37. The van der Waals surface area contributed by atoms with Crippen molar-refractivity contribution in [2.45, 2.75) is 12.6 Å². The maximum Gasteiger partial charge on any atom is 0.416 e. The fraction of sp³-hybridized carbons (Fsp3) is 0.188. The van der Waals surface area contributed by atoms with Crippen LogP contribution >= 0.6 is 11.6 Å². The van der Waals surface area contributed by atoms with Crippen molar-refractivity contribution < 1.29 is 27.1 Å². The van der Waals surface area contributed by atoms with Gasteiger partial charge in [-0.05, 0) is 42.0 Å². The summed E-state index contributed by atoms with van der Waals surface area (Å²) in [6.45, 7) is 0. The van der Waals surface area contributed by atoms with Gasteiger partial charge in [-0.1, -0.05) is 11.6 Å². The number of ether oxygens (including phenoxy) is 1. The fourth-order valence-corrected chi connectivity index (χ4v) is 2.27. The zero-order valence-corrected chi connectivity index (χ0v) is 12.6. The molecule has 23 heavy (non-hydrogen) atoms. The Morgan fingerprint density at radius 1 is 1.17 bits per heavy atom. The molecule has 2 aromatic carbocycles. The number of Topliss-reactive ketones (excluding diaryl/α,β-unsaturated/α-hetero) is 1. The number of ketones is 1. The number of halogens is 5. The Kier molecular flexibility index (Phi) is 4.94. The Labute approximate surface area is 134 Å². The Bertz CT molecular complexity index is 741. The van der Waals surface area contributed by atoms with E-state index < -0.39 is 29.8 Å². The second-order valence-corrected chi connectivity index (χ2v) is 5.23. The highest BCUT2D eigenvalue weighted by Gasteiger charge is 2.31. The highest BCUT2D eigenvalue weighted by molar-refractivity contribution is 6.31. The van der Waals surface area contributed by atoms with Crippen molar-refractivity contribution in [1.82, 2.24) is 0 Å². The molecule has 0 saturated heterocycles. The first-order valence-electron chi connectivity index (χ1n) is 6.44. The molecule has 2 rings (SSSR count). The highest BCUT2D eigenvalue weighted by atomic mass is 35.5. The maximum absolute atomic E-state index is 13.4. The maximum atomic E-state index is 13.4. The molecule has 0 aliphatic heterocycles. The molecule has 0 heterocycles. The molecule has 0 atom stereocenters. The van der Waals surface area contributed by atoms with Crippen molar-refractivity contribution in [3.8, 4) is 5.75 Å². The average Bonchev–Trinajstić information content (AvgIpc) is 2.45. The van der Waals surface area contributed by atoms with Gasteiger partial charge in [-0.25, -0.2) is 4.39 Å². The van der Waals surface area contributed by atoms with Crippen LogP contribution in [0.2, 0.25) is 5.02 Å². The topological polar surface area (TPSA) is 26.3 Å². The first kappa shape index (κ1) is 17.3. The fourth-order valence-electron chi connectivity index (χ4n) is 2.09. The lowest BCUT2D eigenvalue weighted by molar-refractivity contribution is -0.137. The second kappa shape index (κ2) is 6.58. The number of benzene rings is 2. The van der Waals surface area contributed by atoms with E-state index in [1.807, 2.05) is 0 Å². The van der Waals surface area contributed by atoms with Crippen molar-refractivity contribution in [2.75, 3.05) is 7.11 Å². The van der Waals surface area contributed by atoms with Crippen LogP contribution < -0.4 is 4.74 Å². The third-order valence-electron chi connectivity index (χ3n) is 3.11. The molecule has 0 N–H and O–H groups in total. The van der Waals surface area contributed by atoms with E-state index >= 15 is 0 Å². The summed E-state index contributed by atoms with van der Waals surface area (Å²) in [7, 11) is 1.35. The van der Waals surface area contributed by atoms with Crippen LogP contribution in [0.15, 0.2) is 36.4 Å². The van der Waals surface area contributed by atoms with Crippen LogP contribution in [0.5, 0.6) is 5.75 Å². The van der Waals surface area contributed by atoms with Gasteiger partial charge in [-0.2, -0.15) is 13.2 Å². The summed E-state index contributed by atoms with van der Waals surface area (Å²) < 4.78 is 56.5. The number of carbonyl (C=O) groups is 1. The molecule has 0 bridgehead atoms. The second-order valence-electron chi connectivity index (χ2n) is 4.79. The number of rotatable bonds is 4. The van der Waals surface area contributed by atoms with Crippen molar-refractivity contribution in [1.29, 1.82) is 0 Å². The number of methoxy groups -OCH3 is 1. The van der Waals surface area contributed by atoms with Crippen LogP contribution in [0.3, 0.4) is 0 Å².